The lowest BCUT2D eigenvalue weighted by Crippen LogP contribution is -2.42. The predicted octanol–water partition coefficient (Wildman–Crippen LogP) is 2.31. The zero-order chi connectivity index (χ0) is 20.9. The number of nitrogens with two attached hydrogens (primary N) is 1. The monoisotopic (exact) mass is 426 g/mol. The number of anilines is 3. The molecule has 156 valence electrons. The third-order valence-corrected chi connectivity index (χ3v) is 6.60. The van der Waals surface area contributed by atoms with Crippen LogP contribution in [-0.4, -0.2) is 41.2 Å². The van der Waals surface area contributed by atoms with Gasteiger partial charge in [0.05, 0.1) is 23.6 Å². The number of pyridine rings is 1. The SMILES string of the molecule is CN1N=CC2(CCCCC2)n2c1cc1cnc(Nc3ccc(S(N)(=O)=O)nc3)nc12. The molecule has 1 fully saturated rings. The molecule has 0 radical (unpaired) electrons. The molecule has 1 spiro atoms. The van der Waals surface area contributed by atoms with Gasteiger partial charge in [0, 0.05) is 18.6 Å². The predicted molar refractivity (Wildman–Crippen MR) is 114 cm³/mol. The van der Waals surface area contributed by atoms with Crippen molar-refractivity contribution >= 4 is 44.7 Å². The lowest BCUT2D eigenvalue weighted by molar-refractivity contribution is 0.290. The van der Waals surface area contributed by atoms with Crippen LogP contribution >= 0.6 is 0 Å². The van der Waals surface area contributed by atoms with Gasteiger partial charge in [-0.05, 0) is 31.0 Å². The number of nitrogens with one attached hydrogen (secondary N) is 1. The zero-order valence-corrected chi connectivity index (χ0v) is 17.3. The fraction of sp³-hybridized carbons (Fsp3) is 0.368. The van der Waals surface area contributed by atoms with E-state index in [4.69, 9.17) is 10.1 Å². The summed E-state index contributed by atoms with van der Waals surface area (Å²) in [5.41, 5.74) is 1.25. The minimum Gasteiger partial charge on any atom is -0.323 e. The maximum Gasteiger partial charge on any atom is 0.255 e. The second kappa shape index (κ2) is 6.74. The first-order valence-corrected chi connectivity index (χ1v) is 11.3. The Hall–Kier alpha value is -3.05. The molecule has 0 unspecified atom stereocenters. The summed E-state index contributed by atoms with van der Waals surface area (Å²) in [5.74, 6) is 1.41. The van der Waals surface area contributed by atoms with E-state index in [9.17, 15) is 8.42 Å². The molecule has 11 heteroatoms. The van der Waals surface area contributed by atoms with Crippen LogP contribution in [-0.2, 0) is 15.6 Å². The highest BCUT2D eigenvalue weighted by Crippen LogP contribution is 2.42. The minimum atomic E-state index is -3.84. The number of nitrogens with zero attached hydrogens (tertiary/aromatic N) is 6. The van der Waals surface area contributed by atoms with E-state index in [1.165, 1.54) is 18.7 Å². The molecule has 0 amide bonds. The van der Waals surface area contributed by atoms with Crippen molar-refractivity contribution in [1.82, 2.24) is 19.5 Å². The molecule has 3 aromatic heterocycles. The van der Waals surface area contributed by atoms with Crippen molar-refractivity contribution < 1.29 is 8.42 Å². The normalized spacial score (nSPS) is 18.0. The number of fused-ring (bicyclic) bond motifs is 4. The average molecular weight is 427 g/mol. The lowest BCUT2D eigenvalue weighted by Gasteiger charge is -2.40. The van der Waals surface area contributed by atoms with Gasteiger partial charge in [0.25, 0.3) is 10.0 Å². The van der Waals surface area contributed by atoms with E-state index in [1.54, 1.807) is 12.3 Å². The van der Waals surface area contributed by atoms with E-state index in [-0.39, 0.29) is 10.6 Å². The molecular weight excluding hydrogens is 404 g/mol. The van der Waals surface area contributed by atoms with Gasteiger partial charge in [-0.3, -0.25) is 9.58 Å². The van der Waals surface area contributed by atoms with Gasteiger partial charge < -0.3 is 5.32 Å². The second-order valence-corrected chi connectivity index (χ2v) is 9.31. The molecule has 3 N–H and O–H groups in total. The fourth-order valence-electron chi connectivity index (χ4n) is 4.29. The van der Waals surface area contributed by atoms with Gasteiger partial charge in [-0.2, -0.15) is 10.1 Å². The van der Waals surface area contributed by atoms with Gasteiger partial charge >= 0.3 is 0 Å². The third-order valence-electron chi connectivity index (χ3n) is 5.77. The Morgan fingerprint density at radius 1 is 1.13 bits per heavy atom. The number of primary sulfonamides is 1. The first-order chi connectivity index (χ1) is 14.4. The molecule has 5 rings (SSSR count). The van der Waals surface area contributed by atoms with Crippen LogP contribution in [0.15, 0.2) is 40.7 Å². The molecule has 4 heterocycles. The topological polar surface area (TPSA) is 131 Å². The summed E-state index contributed by atoms with van der Waals surface area (Å²) in [6.45, 7) is 0. The molecule has 1 aliphatic carbocycles. The average Bonchev–Trinajstić information content (AvgIpc) is 3.12. The number of aromatic nitrogens is 4. The van der Waals surface area contributed by atoms with Crippen LogP contribution in [0, 0.1) is 0 Å². The van der Waals surface area contributed by atoms with Gasteiger partial charge in [-0.1, -0.05) is 19.3 Å². The zero-order valence-electron chi connectivity index (χ0n) is 16.5. The summed E-state index contributed by atoms with van der Waals surface area (Å²) >= 11 is 0. The number of hydrazone groups is 1. The van der Waals surface area contributed by atoms with E-state index >= 15 is 0 Å². The fourth-order valence-corrected chi connectivity index (χ4v) is 4.75. The summed E-state index contributed by atoms with van der Waals surface area (Å²) in [6, 6.07) is 4.99. The smallest absolute Gasteiger partial charge is 0.255 e. The molecule has 10 nitrogen and oxygen atoms in total. The van der Waals surface area contributed by atoms with Crippen molar-refractivity contribution in [2.45, 2.75) is 42.7 Å². The van der Waals surface area contributed by atoms with Crippen LogP contribution in [0.4, 0.5) is 17.5 Å². The van der Waals surface area contributed by atoms with Gasteiger partial charge in [0.1, 0.15) is 11.5 Å². The van der Waals surface area contributed by atoms with Gasteiger partial charge in [-0.25, -0.2) is 23.5 Å². The van der Waals surface area contributed by atoms with Crippen LogP contribution in [0.1, 0.15) is 32.1 Å². The molecule has 1 aliphatic heterocycles. The highest BCUT2D eigenvalue weighted by molar-refractivity contribution is 7.89. The summed E-state index contributed by atoms with van der Waals surface area (Å²) in [4.78, 5) is 13.1. The molecule has 2 aliphatic rings. The van der Waals surface area contributed by atoms with E-state index in [0.29, 0.717) is 11.6 Å². The Labute approximate surface area is 173 Å². The summed E-state index contributed by atoms with van der Waals surface area (Å²) < 4.78 is 25.0. The molecule has 3 aromatic rings. The summed E-state index contributed by atoms with van der Waals surface area (Å²) in [7, 11) is -1.90. The molecule has 0 saturated heterocycles. The summed E-state index contributed by atoms with van der Waals surface area (Å²) in [5, 5.41) is 15.4. The van der Waals surface area contributed by atoms with Gasteiger partial charge in [0.15, 0.2) is 5.03 Å². The van der Waals surface area contributed by atoms with Crippen molar-refractivity contribution in [3.63, 3.8) is 0 Å². The van der Waals surface area contributed by atoms with Crippen molar-refractivity contribution in [3.8, 4) is 0 Å². The molecule has 1 saturated carbocycles. The van der Waals surface area contributed by atoms with Crippen LogP contribution < -0.4 is 15.5 Å². The van der Waals surface area contributed by atoms with E-state index in [0.717, 1.165) is 42.5 Å². The van der Waals surface area contributed by atoms with Crippen molar-refractivity contribution in [3.05, 3.63) is 30.6 Å². The number of hydrogen-bond donors (Lipinski definition) is 2. The lowest BCUT2D eigenvalue weighted by atomic mass is 9.82. The Morgan fingerprint density at radius 3 is 2.63 bits per heavy atom. The van der Waals surface area contributed by atoms with Crippen LogP contribution in [0.25, 0.3) is 11.0 Å². The number of sulfonamides is 1. The summed E-state index contributed by atoms with van der Waals surface area (Å²) in [6.07, 6.45) is 10.9. The highest BCUT2D eigenvalue weighted by atomic mass is 32.2. The van der Waals surface area contributed by atoms with Crippen molar-refractivity contribution in [2.24, 2.45) is 10.2 Å². The van der Waals surface area contributed by atoms with Crippen molar-refractivity contribution in [1.29, 1.82) is 0 Å². The molecule has 0 atom stereocenters. The Morgan fingerprint density at radius 2 is 1.93 bits per heavy atom. The Bertz CT molecular complexity index is 1240. The third kappa shape index (κ3) is 3.10. The Balaban J connectivity index is 1.54. The van der Waals surface area contributed by atoms with Gasteiger partial charge in [0.2, 0.25) is 5.95 Å². The molecular formula is C19H22N8O2S. The van der Waals surface area contributed by atoms with E-state index in [2.05, 4.69) is 37.2 Å². The molecule has 0 bridgehead atoms. The second-order valence-electron chi connectivity index (χ2n) is 7.80. The van der Waals surface area contributed by atoms with E-state index < -0.39 is 10.0 Å². The number of hydrogen-bond acceptors (Lipinski definition) is 8. The first-order valence-electron chi connectivity index (χ1n) is 9.79. The maximum absolute atomic E-state index is 11.4. The Kier molecular flexibility index (Phi) is 4.26. The first kappa shape index (κ1) is 18.9. The van der Waals surface area contributed by atoms with Crippen LogP contribution in [0.3, 0.4) is 0 Å². The highest BCUT2D eigenvalue weighted by Gasteiger charge is 2.38. The molecule has 30 heavy (non-hydrogen) atoms. The quantitative estimate of drug-likeness (QED) is 0.657. The van der Waals surface area contributed by atoms with Gasteiger partial charge in [-0.15, -0.1) is 0 Å². The molecule has 0 aromatic carbocycles. The maximum atomic E-state index is 11.4. The van der Waals surface area contributed by atoms with Crippen LogP contribution in [0.5, 0.6) is 0 Å². The van der Waals surface area contributed by atoms with Crippen LogP contribution in [0.2, 0.25) is 0 Å². The largest absolute Gasteiger partial charge is 0.323 e. The number of rotatable bonds is 3. The minimum absolute atomic E-state index is 0.161. The van der Waals surface area contributed by atoms with E-state index in [1.807, 2.05) is 12.1 Å². The standard InChI is InChI=1S/C19H22N8O2S/c1-26-16-9-13-10-22-18(24-14-5-6-15(21-11-14)30(20,28)29)25-17(13)27(16)19(12-23-26)7-3-2-4-8-19/h5-6,9-12H,2-4,7-8H2,1H3,(H2,20,28,29)(H,22,24,25). The van der Waals surface area contributed by atoms with Crippen molar-refractivity contribution in [2.75, 3.05) is 17.4 Å².